The quantitative estimate of drug-likeness (QED) is 0.132. The average molecular weight is 565 g/mol. The highest BCUT2D eigenvalue weighted by Crippen LogP contribution is 2.42. The fourth-order valence-electron chi connectivity index (χ4n) is 5.12. The number of carbonyl (C=O) groups excluding carboxylic acids is 1. The van der Waals surface area contributed by atoms with Gasteiger partial charge >= 0.3 is 5.97 Å². The normalized spacial score (nSPS) is 13.0. The van der Waals surface area contributed by atoms with E-state index < -0.39 is 8.32 Å². The standard InChI is InChI=1S/C36H40O4Si/c1-36(2,3)41(5,6)40-34(24-27-15-11-10-14-26(27)17-16-25-12-8-7-9-13-25)28-18-20-32-30(22-28)31-23-29(35(37)38-4)19-21-33(31)39-32/h7-15,18-23,34H,16-17,24H2,1-6H3. The monoisotopic (exact) mass is 564 g/mol. The van der Waals surface area contributed by atoms with Crippen LogP contribution in [0.15, 0.2) is 95.4 Å². The van der Waals surface area contributed by atoms with Crippen LogP contribution in [-0.4, -0.2) is 21.4 Å². The molecule has 0 radical (unpaired) electrons. The molecule has 0 aliphatic rings. The van der Waals surface area contributed by atoms with Crippen LogP contribution < -0.4 is 0 Å². The van der Waals surface area contributed by atoms with Crippen LogP contribution in [-0.2, 0) is 28.4 Å². The molecule has 0 bridgehead atoms. The van der Waals surface area contributed by atoms with E-state index in [2.05, 4.69) is 101 Å². The molecule has 1 heterocycles. The zero-order chi connectivity index (χ0) is 29.2. The average Bonchev–Trinajstić information content (AvgIpc) is 3.33. The van der Waals surface area contributed by atoms with E-state index >= 15 is 0 Å². The van der Waals surface area contributed by atoms with Gasteiger partial charge in [-0.15, -0.1) is 0 Å². The first kappa shape index (κ1) is 28.8. The molecule has 4 nitrogen and oxygen atoms in total. The number of hydrogen-bond donors (Lipinski definition) is 0. The van der Waals surface area contributed by atoms with E-state index in [0.717, 1.165) is 46.8 Å². The SMILES string of the molecule is COC(=O)c1ccc2oc3ccc(C(Cc4ccccc4CCc4ccccc4)O[Si](C)(C)C(C)(C)C)cc3c2c1. The Morgan fingerprint density at radius 1 is 0.805 bits per heavy atom. The Balaban J connectivity index is 1.54. The van der Waals surface area contributed by atoms with E-state index in [1.807, 2.05) is 18.2 Å². The van der Waals surface area contributed by atoms with Gasteiger partial charge in [-0.05, 0) is 83.6 Å². The second-order valence-electron chi connectivity index (χ2n) is 12.4. The molecule has 5 aromatic rings. The maximum Gasteiger partial charge on any atom is 0.337 e. The summed E-state index contributed by atoms with van der Waals surface area (Å²) in [5.41, 5.74) is 7.19. The van der Waals surface area contributed by atoms with Crippen molar-refractivity contribution in [3.05, 3.63) is 119 Å². The Morgan fingerprint density at radius 3 is 2.12 bits per heavy atom. The smallest absolute Gasteiger partial charge is 0.337 e. The summed E-state index contributed by atoms with van der Waals surface area (Å²) in [6, 6.07) is 31.2. The van der Waals surface area contributed by atoms with Gasteiger partial charge < -0.3 is 13.6 Å². The zero-order valence-electron chi connectivity index (χ0n) is 25.0. The number of fused-ring (bicyclic) bond motifs is 3. The summed E-state index contributed by atoms with van der Waals surface area (Å²) in [4.78, 5) is 12.3. The van der Waals surface area contributed by atoms with E-state index in [0.29, 0.717) is 5.56 Å². The Hall–Kier alpha value is -3.67. The van der Waals surface area contributed by atoms with Crippen molar-refractivity contribution >= 4 is 36.2 Å². The molecule has 5 rings (SSSR count). The van der Waals surface area contributed by atoms with E-state index in [4.69, 9.17) is 13.6 Å². The predicted molar refractivity (Wildman–Crippen MR) is 170 cm³/mol. The van der Waals surface area contributed by atoms with Crippen LogP contribution >= 0.6 is 0 Å². The van der Waals surface area contributed by atoms with Crippen molar-refractivity contribution < 1.29 is 18.4 Å². The Morgan fingerprint density at radius 2 is 1.44 bits per heavy atom. The highest BCUT2D eigenvalue weighted by molar-refractivity contribution is 6.74. The minimum absolute atomic E-state index is 0.0694. The molecule has 0 aliphatic carbocycles. The fraction of sp³-hybridized carbons (Fsp3) is 0.306. The lowest BCUT2D eigenvalue weighted by Crippen LogP contribution is -2.42. The summed E-state index contributed by atoms with van der Waals surface area (Å²) in [7, 11) is -0.710. The van der Waals surface area contributed by atoms with Crippen LogP contribution in [0.1, 0.15) is 59.5 Å². The van der Waals surface area contributed by atoms with Crippen LogP contribution in [0, 0.1) is 0 Å². The topological polar surface area (TPSA) is 48.7 Å². The van der Waals surface area contributed by atoms with Crippen LogP contribution in [0.4, 0.5) is 0 Å². The van der Waals surface area contributed by atoms with Gasteiger partial charge in [-0.25, -0.2) is 4.79 Å². The molecular weight excluding hydrogens is 524 g/mol. The maximum absolute atomic E-state index is 12.3. The maximum atomic E-state index is 12.3. The van der Waals surface area contributed by atoms with Gasteiger partial charge in [0.25, 0.3) is 0 Å². The number of ether oxygens (including phenoxy) is 1. The molecule has 0 spiro atoms. The van der Waals surface area contributed by atoms with Crippen molar-refractivity contribution in [3.63, 3.8) is 0 Å². The van der Waals surface area contributed by atoms with Gasteiger partial charge in [0.15, 0.2) is 8.32 Å². The third-order valence-electron chi connectivity index (χ3n) is 8.58. The summed E-state index contributed by atoms with van der Waals surface area (Å²) in [5, 5.41) is 1.95. The predicted octanol–water partition coefficient (Wildman–Crippen LogP) is 9.46. The van der Waals surface area contributed by atoms with Gasteiger partial charge in [-0.2, -0.15) is 0 Å². The third-order valence-corrected chi connectivity index (χ3v) is 13.1. The minimum atomic E-state index is -2.11. The Bertz CT molecular complexity index is 1660. The molecule has 0 amide bonds. The first-order chi connectivity index (χ1) is 19.6. The molecule has 212 valence electrons. The number of esters is 1. The van der Waals surface area contributed by atoms with E-state index in [-0.39, 0.29) is 17.1 Å². The van der Waals surface area contributed by atoms with Crippen molar-refractivity contribution in [3.8, 4) is 0 Å². The van der Waals surface area contributed by atoms with Crippen LogP contribution in [0.2, 0.25) is 18.1 Å². The third kappa shape index (κ3) is 6.32. The van der Waals surface area contributed by atoms with Gasteiger partial charge in [0.2, 0.25) is 0 Å². The molecule has 1 unspecified atom stereocenters. The highest BCUT2D eigenvalue weighted by Gasteiger charge is 2.39. The zero-order valence-corrected chi connectivity index (χ0v) is 26.0. The second-order valence-corrected chi connectivity index (χ2v) is 17.1. The molecule has 5 heteroatoms. The van der Waals surface area contributed by atoms with Crippen LogP contribution in [0.25, 0.3) is 21.9 Å². The van der Waals surface area contributed by atoms with Crippen molar-refractivity contribution in [2.24, 2.45) is 0 Å². The van der Waals surface area contributed by atoms with E-state index in [1.165, 1.54) is 23.8 Å². The molecular formula is C36H40O4Si. The van der Waals surface area contributed by atoms with Crippen molar-refractivity contribution in [1.29, 1.82) is 0 Å². The molecule has 0 saturated carbocycles. The molecule has 1 aromatic heterocycles. The molecule has 1 atom stereocenters. The minimum Gasteiger partial charge on any atom is -0.465 e. The fourth-order valence-corrected chi connectivity index (χ4v) is 6.41. The number of aryl methyl sites for hydroxylation is 2. The Kier molecular flexibility index (Phi) is 8.21. The first-order valence-corrected chi connectivity index (χ1v) is 17.3. The lowest BCUT2D eigenvalue weighted by atomic mass is 9.93. The van der Waals surface area contributed by atoms with Crippen molar-refractivity contribution in [2.45, 2.75) is 64.3 Å². The lowest BCUT2D eigenvalue weighted by molar-refractivity contribution is 0.0601. The molecule has 41 heavy (non-hydrogen) atoms. The number of rotatable bonds is 9. The number of benzene rings is 4. The molecule has 0 saturated heterocycles. The van der Waals surface area contributed by atoms with Gasteiger partial charge in [-0.1, -0.05) is 81.4 Å². The first-order valence-electron chi connectivity index (χ1n) is 14.4. The molecule has 0 aliphatic heterocycles. The van der Waals surface area contributed by atoms with Crippen molar-refractivity contribution in [1.82, 2.24) is 0 Å². The number of hydrogen-bond acceptors (Lipinski definition) is 4. The summed E-state index contributed by atoms with van der Waals surface area (Å²) in [5.74, 6) is -0.358. The summed E-state index contributed by atoms with van der Waals surface area (Å²) in [6.07, 6.45) is 2.65. The Labute approximate surface area is 244 Å². The van der Waals surface area contributed by atoms with Gasteiger partial charge in [-0.3, -0.25) is 0 Å². The van der Waals surface area contributed by atoms with Crippen LogP contribution in [0.3, 0.4) is 0 Å². The van der Waals surface area contributed by atoms with Gasteiger partial charge in [0, 0.05) is 17.2 Å². The molecule has 4 aromatic carbocycles. The van der Waals surface area contributed by atoms with Crippen LogP contribution in [0.5, 0.6) is 0 Å². The summed E-state index contributed by atoms with van der Waals surface area (Å²) >= 11 is 0. The second kappa shape index (κ2) is 11.7. The number of furan rings is 1. The number of carbonyl (C=O) groups is 1. The van der Waals surface area contributed by atoms with E-state index in [9.17, 15) is 4.79 Å². The summed E-state index contributed by atoms with van der Waals surface area (Å²) in [6.45, 7) is 11.5. The molecule has 0 fully saturated rings. The highest BCUT2D eigenvalue weighted by atomic mass is 28.4. The molecule has 0 N–H and O–H groups in total. The lowest BCUT2D eigenvalue weighted by Gasteiger charge is -2.39. The largest absolute Gasteiger partial charge is 0.465 e. The van der Waals surface area contributed by atoms with Gasteiger partial charge in [0.1, 0.15) is 11.2 Å². The van der Waals surface area contributed by atoms with Gasteiger partial charge in [0.05, 0.1) is 18.8 Å². The van der Waals surface area contributed by atoms with E-state index in [1.54, 1.807) is 6.07 Å². The summed E-state index contributed by atoms with van der Waals surface area (Å²) < 4.78 is 18.3. The van der Waals surface area contributed by atoms with Crippen molar-refractivity contribution in [2.75, 3.05) is 7.11 Å². The number of methoxy groups -OCH3 is 1.